The van der Waals surface area contributed by atoms with Crippen molar-refractivity contribution in [3.63, 3.8) is 0 Å². The van der Waals surface area contributed by atoms with Gasteiger partial charge in [-0.05, 0) is 18.1 Å². The highest BCUT2D eigenvalue weighted by Crippen LogP contribution is 2.21. The van der Waals surface area contributed by atoms with Crippen LogP contribution in [0.5, 0.6) is 0 Å². The van der Waals surface area contributed by atoms with Gasteiger partial charge in [0.15, 0.2) is 0 Å². The maximum Gasteiger partial charge on any atom is 0.222 e. The van der Waals surface area contributed by atoms with Gasteiger partial charge in [0.05, 0.1) is 19.3 Å². The maximum absolute atomic E-state index is 14.3. The van der Waals surface area contributed by atoms with Gasteiger partial charge in [0.1, 0.15) is 5.82 Å². The molecule has 4 nitrogen and oxygen atoms in total. The minimum Gasteiger partial charge on any atom is -0.378 e. The van der Waals surface area contributed by atoms with Gasteiger partial charge in [0.2, 0.25) is 5.91 Å². The number of morpholine rings is 1. The Morgan fingerprint density at radius 2 is 1.92 bits per heavy atom. The van der Waals surface area contributed by atoms with Gasteiger partial charge in [-0.3, -0.25) is 4.79 Å². The number of carbonyl (C=O) groups excluding carboxylic acids is 1. The zero-order chi connectivity index (χ0) is 17.5. The summed E-state index contributed by atoms with van der Waals surface area (Å²) in [5, 5.41) is 6.26. The highest BCUT2D eigenvalue weighted by molar-refractivity contribution is 5.85. The molecule has 2 N–H and O–H groups in total. The number of carbonyl (C=O) groups is 1. The molecule has 2 aromatic carbocycles. The van der Waals surface area contributed by atoms with Crippen LogP contribution in [0.1, 0.15) is 23.6 Å². The minimum absolute atomic E-state index is 0. The predicted molar refractivity (Wildman–Crippen MR) is 102 cm³/mol. The van der Waals surface area contributed by atoms with Gasteiger partial charge in [-0.15, -0.1) is 12.4 Å². The zero-order valence-electron chi connectivity index (χ0n) is 14.5. The number of amides is 1. The van der Waals surface area contributed by atoms with Crippen molar-refractivity contribution < 1.29 is 13.9 Å². The van der Waals surface area contributed by atoms with Crippen LogP contribution >= 0.6 is 12.4 Å². The van der Waals surface area contributed by atoms with Gasteiger partial charge in [-0.25, -0.2) is 4.39 Å². The molecule has 2 unspecified atom stereocenters. The first-order valence-electron chi connectivity index (χ1n) is 8.61. The third-order valence-electron chi connectivity index (χ3n) is 4.33. The van der Waals surface area contributed by atoms with E-state index < -0.39 is 6.04 Å². The summed E-state index contributed by atoms with van der Waals surface area (Å²) in [6.45, 7) is 1.94. The lowest BCUT2D eigenvalue weighted by molar-refractivity contribution is -0.123. The van der Waals surface area contributed by atoms with E-state index in [1.54, 1.807) is 18.2 Å². The Bertz CT molecular complexity index is 693. The summed E-state index contributed by atoms with van der Waals surface area (Å²) in [5.74, 6) is -0.407. The summed E-state index contributed by atoms with van der Waals surface area (Å²) in [6.07, 6.45) is 0.863. The first kappa shape index (κ1) is 20.4. The second kappa shape index (κ2) is 10.3. The molecule has 1 fully saturated rings. The van der Waals surface area contributed by atoms with E-state index in [2.05, 4.69) is 10.6 Å². The predicted octanol–water partition coefficient (Wildman–Crippen LogP) is 3.03. The molecule has 1 amide bonds. The third kappa shape index (κ3) is 5.80. The van der Waals surface area contributed by atoms with Crippen LogP contribution in [0.15, 0.2) is 54.6 Å². The van der Waals surface area contributed by atoms with Crippen molar-refractivity contribution in [1.29, 1.82) is 0 Å². The molecule has 140 valence electrons. The molecule has 1 aliphatic heterocycles. The molecule has 0 saturated carbocycles. The fourth-order valence-electron chi connectivity index (χ4n) is 3.07. The molecule has 1 aliphatic rings. The molecule has 1 saturated heterocycles. The third-order valence-corrected chi connectivity index (χ3v) is 4.33. The Balaban J connectivity index is 0.00000243. The van der Waals surface area contributed by atoms with Gasteiger partial charge in [0.25, 0.3) is 0 Å². The van der Waals surface area contributed by atoms with E-state index in [1.807, 2.05) is 30.3 Å². The summed E-state index contributed by atoms with van der Waals surface area (Å²) in [5.41, 5.74) is 1.56. The summed E-state index contributed by atoms with van der Waals surface area (Å²) >= 11 is 0. The topological polar surface area (TPSA) is 50.4 Å². The number of benzene rings is 2. The second-order valence-corrected chi connectivity index (χ2v) is 6.26. The second-order valence-electron chi connectivity index (χ2n) is 6.26. The molecule has 2 atom stereocenters. The van der Waals surface area contributed by atoms with Gasteiger partial charge >= 0.3 is 0 Å². The summed E-state index contributed by atoms with van der Waals surface area (Å²) in [4.78, 5) is 12.5. The van der Waals surface area contributed by atoms with Crippen LogP contribution in [0, 0.1) is 5.82 Å². The first-order valence-corrected chi connectivity index (χ1v) is 8.61. The van der Waals surface area contributed by atoms with Crippen LogP contribution in [0.2, 0.25) is 0 Å². The molecule has 0 radical (unpaired) electrons. The molecule has 1 heterocycles. The Labute approximate surface area is 159 Å². The van der Waals surface area contributed by atoms with E-state index in [4.69, 9.17) is 4.74 Å². The minimum atomic E-state index is -0.402. The largest absolute Gasteiger partial charge is 0.378 e. The zero-order valence-corrected chi connectivity index (χ0v) is 15.3. The van der Waals surface area contributed by atoms with Gasteiger partial charge in [-0.2, -0.15) is 0 Å². The quantitative estimate of drug-likeness (QED) is 0.812. The molecule has 3 rings (SSSR count). The van der Waals surface area contributed by atoms with Crippen LogP contribution in [-0.2, 0) is 16.0 Å². The fourth-order valence-corrected chi connectivity index (χ4v) is 3.07. The number of rotatable bonds is 6. The summed E-state index contributed by atoms with van der Waals surface area (Å²) in [6, 6.07) is 16.0. The van der Waals surface area contributed by atoms with E-state index >= 15 is 0 Å². The van der Waals surface area contributed by atoms with Crippen molar-refractivity contribution in [2.24, 2.45) is 0 Å². The standard InChI is InChI=1S/C20H23FN2O2.ClH/c21-18-9-5-4-8-17(18)19(12-15-6-2-1-3-7-15)23-20(24)13-16-14-25-11-10-22-16;/h1-9,16,19,22H,10-14H2,(H,23,24);1H. The lowest BCUT2D eigenvalue weighted by Gasteiger charge is -2.25. The Hall–Kier alpha value is -1.95. The SMILES string of the molecule is Cl.O=C(CC1COCCN1)NC(Cc1ccccc1)c1ccccc1F. The molecule has 2 aromatic rings. The van der Waals surface area contributed by atoms with Gasteiger partial charge in [-0.1, -0.05) is 48.5 Å². The van der Waals surface area contributed by atoms with E-state index in [0.717, 1.165) is 12.1 Å². The van der Waals surface area contributed by atoms with Crippen LogP contribution < -0.4 is 10.6 Å². The molecule has 0 bridgehead atoms. The van der Waals surface area contributed by atoms with Crippen LogP contribution in [0.4, 0.5) is 4.39 Å². The average Bonchev–Trinajstić information content (AvgIpc) is 2.63. The summed E-state index contributed by atoms with van der Waals surface area (Å²) < 4.78 is 19.7. The van der Waals surface area contributed by atoms with Crippen molar-refractivity contribution in [3.8, 4) is 0 Å². The molecular formula is C20H24ClFN2O2. The lowest BCUT2D eigenvalue weighted by atomic mass is 9.98. The molecule has 0 spiro atoms. The smallest absolute Gasteiger partial charge is 0.222 e. The van der Waals surface area contributed by atoms with E-state index in [9.17, 15) is 9.18 Å². The molecule has 0 aliphatic carbocycles. The van der Waals surface area contributed by atoms with E-state index in [0.29, 0.717) is 31.6 Å². The normalized spacial score (nSPS) is 17.8. The van der Waals surface area contributed by atoms with Gasteiger partial charge < -0.3 is 15.4 Å². The lowest BCUT2D eigenvalue weighted by Crippen LogP contribution is -2.44. The molecular weight excluding hydrogens is 355 g/mol. The summed E-state index contributed by atoms with van der Waals surface area (Å²) in [7, 11) is 0. The van der Waals surface area contributed by atoms with Crippen molar-refractivity contribution in [3.05, 3.63) is 71.5 Å². The van der Waals surface area contributed by atoms with Crippen LogP contribution in [-0.4, -0.2) is 31.7 Å². The van der Waals surface area contributed by atoms with Crippen LogP contribution in [0.3, 0.4) is 0 Å². The number of halogens is 2. The molecule has 6 heteroatoms. The number of hydrogen-bond acceptors (Lipinski definition) is 3. The average molecular weight is 379 g/mol. The van der Waals surface area contributed by atoms with Crippen molar-refractivity contribution >= 4 is 18.3 Å². The Morgan fingerprint density at radius 3 is 2.62 bits per heavy atom. The highest BCUT2D eigenvalue weighted by Gasteiger charge is 2.22. The molecule has 26 heavy (non-hydrogen) atoms. The van der Waals surface area contributed by atoms with Crippen molar-refractivity contribution in [2.45, 2.75) is 24.9 Å². The number of ether oxygens (including phenoxy) is 1. The monoisotopic (exact) mass is 378 g/mol. The maximum atomic E-state index is 14.3. The molecule has 0 aromatic heterocycles. The first-order chi connectivity index (χ1) is 12.2. The van der Waals surface area contributed by atoms with E-state index in [1.165, 1.54) is 6.07 Å². The van der Waals surface area contributed by atoms with Crippen LogP contribution in [0.25, 0.3) is 0 Å². The Morgan fingerprint density at radius 1 is 1.19 bits per heavy atom. The highest BCUT2D eigenvalue weighted by atomic mass is 35.5. The number of hydrogen-bond donors (Lipinski definition) is 2. The fraction of sp³-hybridized carbons (Fsp3) is 0.350. The van der Waals surface area contributed by atoms with Gasteiger partial charge in [0, 0.05) is 24.6 Å². The van der Waals surface area contributed by atoms with E-state index in [-0.39, 0.29) is 30.2 Å². The van der Waals surface area contributed by atoms with Crippen molar-refractivity contribution in [1.82, 2.24) is 10.6 Å². The number of nitrogens with one attached hydrogen (secondary N) is 2. The Kier molecular flexibility index (Phi) is 8.04. The van der Waals surface area contributed by atoms with Crippen molar-refractivity contribution in [2.75, 3.05) is 19.8 Å².